The maximum Gasteiger partial charge on any atom is 0.243 e. The number of anilines is 1. The van der Waals surface area contributed by atoms with Gasteiger partial charge in [0.1, 0.15) is 12.1 Å². The minimum Gasteiger partial charge on any atom is -0.353 e. The number of aromatic nitrogens is 4. The highest BCUT2D eigenvalue weighted by Gasteiger charge is 2.26. The third-order valence-electron chi connectivity index (χ3n) is 4.58. The van der Waals surface area contributed by atoms with E-state index in [4.69, 9.17) is 4.52 Å². The van der Waals surface area contributed by atoms with Gasteiger partial charge in [0.05, 0.1) is 11.6 Å². The van der Waals surface area contributed by atoms with E-state index in [0.717, 1.165) is 42.9 Å². The van der Waals surface area contributed by atoms with Crippen LogP contribution in [-0.2, 0) is 0 Å². The summed E-state index contributed by atoms with van der Waals surface area (Å²) in [5.74, 6) is 2.39. The first kappa shape index (κ1) is 15.0. The minimum absolute atomic E-state index is 0.135. The van der Waals surface area contributed by atoms with Crippen molar-refractivity contribution in [1.29, 1.82) is 0 Å². The summed E-state index contributed by atoms with van der Waals surface area (Å²) in [5, 5.41) is 4.99. The maximum atomic E-state index is 5.31. The lowest BCUT2D eigenvalue weighted by molar-refractivity contribution is 0.164. The van der Waals surface area contributed by atoms with Crippen molar-refractivity contribution < 1.29 is 4.52 Å². The third kappa shape index (κ3) is 2.71. The number of rotatable bonds is 3. The van der Waals surface area contributed by atoms with Crippen LogP contribution in [0.1, 0.15) is 24.7 Å². The summed E-state index contributed by atoms with van der Waals surface area (Å²) in [4.78, 5) is 17.9. The van der Waals surface area contributed by atoms with E-state index in [0.29, 0.717) is 11.7 Å². The molecule has 7 nitrogen and oxygen atoms in total. The summed E-state index contributed by atoms with van der Waals surface area (Å²) in [6.07, 6.45) is 1.65. The van der Waals surface area contributed by atoms with Crippen LogP contribution in [0.4, 0.5) is 5.82 Å². The number of benzene rings is 1. The second-order valence-electron chi connectivity index (χ2n) is 6.09. The van der Waals surface area contributed by atoms with Crippen molar-refractivity contribution in [2.75, 3.05) is 31.1 Å². The quantitative estimate of drug-likeness (QED) is 0.731. The Bertz CT molecular complexity index is 834. The minimum atomic E-state index is 0.135. The van der Waals surface area contributed by atoms with Gasteiger partial charge in [0, 0.05) is 31.6 Å². The zero-order valence-corrected chi connectivity index (χ0v) is 13.9. The summed E-state index contributed by atoms with van der Waals surface area (Å²) in [7, 11) is 0. The first-order valence-electron chi connectivity index (χ1n) is 8.21. The summed E-state index contributed by atoms with van der Waals surface area (Å²) in [5.41, 5.74) is 0.986. The Balaban J connectivity index is 1.49. The Labute approximate surface area is 140 Å². The predicted octanol–water partition coefficient (Wildman–Crippen LogP) is 2.20. The monoisotopic (exact) mass is 324 g/mol. The standard InChI is InChI=1S/C17H20N6O/c1-12(17-20-13(2)21-24-17)22-7-9-23(10-8-22)16-14-5-3-4-6-15(14)18-11-19-16/h3-6,11-12H,7-10H2,1-2H3/t12-/m0/s1. The number of para-hydroxylation sites is 1. The molecule has 1 aliphatic rings. The molecule has 0 radical (unpaired) electrons. The molecule has 1 fully saturated rings. The van der Waals surface area contributed by atoms with Crippen LogP contribution in [0.2, 0.25) is 0 Å². The lowest BCUT2D eigenvalue weighted by atomic mass is 10.2. The van der Waals surface area contributed by atoms with Gasteiger partial charge in [-0.2, -0.15) is 4.98 Å². The van der Waals surface area contributed by atoms with Crippen molar-refractivity contribution >= 4 is 16.7 Å². The van der Waals surface area contributed by atoms with E-state index in [1.54, 1.807) is 6.33 Å². The summed E-state index contributed by atoms with van der Waals surface area (Å²) >= 11 is 0. The number of hydrogen-bond acceptors (Lipinski definition) is 7. The zero-order valence-electron chi connectivity index (χ0n) is 13.9. The second-order valence-corrected chi connectivity index (χ2v) is 6.09. The topological polar surface area (TPSA) is 71.2 Å². The molecule has 0 saturated carbocycles. The number of fused-ring (bicyclic) bond motifs is 1. The SMILES string of the molecule is Cc1noc([C@H](C)N2CCN(c3ncnc4ccccc34)CC2)n1. The van der Waals surface area contributed by atoms with Gasteiger partial charge in [0.15, 0.2) is 5.82 Å². The largest absolute Gasteiger partial charge is 0.353 e. The Morgan fingerprint density at radius 1 is 1.08 bits per heavy atom. The van der Waals surface area contributed by atoms with Gasteiger partial charge in [-0.15, -0.1) is 0 Å². The lowest BCUT2D eigenvalue weighted by Gasteiger charge is -2.37. The number of nitrogens with zero attached hydrogens (tertiary/aromatic N) is 6. The first-order chi connectivity index (χ1) is 11.7. The van der Waals surface area contributed by atoms with Crippen LogP contribution in [0.3, 0.4) is 0 Å². The highest BCUT2D eigenvalue weighted by atomic mass is 16.5. The van der Waals surface area contributed by atoms with E-state index in [2.05, 4.69) is 42.9 Å². The molecule has 0 unspecified atom stereocenters. The molecule has 0 amide bonds. The van der Waals surface area contributed by atoms with Gasteiger partial charge in [-0.3, -0.25) is 4.90 Å². The zero-order chi connectivity index (χ0) is 16.5. The highest BCUT2D eigenvalue weighted by molar-refractivity contribution is 5.89. The molecule has 24 heavy (non-hydrogen) atoms. The fourth-order valence-corrected chi connectivity index (χ4v) is 3.20. The third-order valence-corrected chi connectivity index (χ3v) is 4.58. The fourth-order valence-electron chi connectivity index (χ4n) is 3.20. The fraction of sp³-hybridized carbons (Fsp3) is 0.412. The molecule has 0 N–H and O–H groups in total. The van der Waals surface area contributed by atoms with E-state index in [1.165, 1.54) is 0 Å². The number of piperazine rings is 1. The van der Waals surface area contributed by atoms with E-state index < -0.39 is 0 Å². The van der Waals surface area contributed by atoms with Crippen molar-refractivity contribution in [3.8, 4) is 0 Å². The molecule has 2 aromatic heterocycles. The van der Waals surface area contributed by atoms with Crippen LogP contribution < -0.4 is 4.90 Å². The molecule has 4 rings (SSSR count). The van der Waals surface area contributed by atoms with Crippen molar-refractivity contribution in [3.05, 3.63) is 42.3 Å². The number of aryl methyl sites for hydroxylation is 1. The lowest BCUT2D eigenvalue weighted by Crippen LogP contribution is -2.47. The average Bonchev–Trinajstić information content (AvgIpc) is 3.07. The van der Waals surface area contributed by atoms with Crippen LogP contribution >= 0.6 is 0 Å². The van der Waals surface area contributed by atoms with E-state index in [-0.39, 0.29) is 6.04 Å². The smallest absolute Gasteiger partial charge is 0.243 e. The molecule has 1 saturated heterocycles. The molecular formula is C17H20N6O. The summed E-state index contributed by atoms with van der Waals surface area (Å²) in [6, 6.07) is 8.28. The Kier molecular flexibility index (Phi) is 3.86. The molecule has 3 heterocycles. The highest BCUT2D eigenvalue weighted by Crippen LogP contribution is 2.26. The number of hydrogen-bond donors (Lipinski definition) is 0. The molecule has 0 bridgehead atoms. The summed E-state index contributed by atoms with van der Waals surface area (Å²) in [6.45, 7) is 7.65. The van der Waals surface area contributed by atoms with Crippen molar-refractivity contribution in [2.45, 2.75) is 19.9 Å². The average molecular weight is 324 g/mol. The van der Waals surface area contributed by atoms with Gasteiger partial charge < -0.3 is 9.42 Å². The van der Waals surface area contributed by atoms with E-state index >= 15 is 0 Å². The Morgan fingerprint density at radius 2 is 1.88 bits per heavy atom. The molecule has 1 atom stereocenters. The molecule has 1 aromatic carbocycles. The normalized spacial score (nSPS) is 17.3. The van der Waals surface area contributed by atoms with Gasteiger partial charge in [0.25, 0.3) is 0 Å². The van der Waals surface area contributed by atoms with Crippen LogP contribution in [0.15, 0.2) is 35.1 Å². The van der Waals surface area contributed by atoms with Gasteiger partial charge >= 0.3 is 0 Å². The van der Waals surface area contributed by atoms with Crippen molar-refractivity contribution in [2.24, 2.45) is 0 Å². The van der Waals surface area contributed by atoms with Crippen LogP contribution in [0, 0.1) is 6.92 Å². The molecule has 1 aliphatic heterocycles. The van der Waals surface area contributed by atoms with E-state index in [1.807, 2.05) is 25.1 Å². The van der Waals surface area contributed by atoms with Crippen LogP contribution in [0.5, 0.6) is 0 Å². The van der Waals surface area contributed by atoms with Gasteiger partial charge in [-0.1, -0.05) is 17.3 Å². The van der Waals surface area contributed by atoms with Gasteiger partial charge in [0.2, 0.25) is 5.89 Å². The maximum absolute atomic E-state index is 5.31. The predicted molar refractivity (Wildman–Crippen MR) is 90.8 cm³/mol. The van der Waals surface area contributed by atoms with Gasteiger partial charge in [-0.25, -0.2) is 9.97 Å². The molecule has 3 aromatic rings. The van der Waals surface area contributed by atoms with Crippen molar-refractivity contribution in [3.63, 3.8) is 0 Å². The first-order valence-corrected chi connectivity index (χ1v) is 8.21. The molecular weight excluding hydrogens is 304 g/mol. The molecule has 0 spiro atoms. The second kappa shape index (κ2) is 6.16. The van der Waals surface area contributed by atoms with Gasteiger partial charge in [-0.05, 0) is 26.0 Å². The van der Waals surface area contributed by atoms with E-state index in [9.17, 15) is 0 Å². The molecule has 0 aliphatic carbocycles. The molecule has 124 valence electrons. The summed E-state index contributed by atoms with van der Waals surface area (Å²) < 4.78 is 5.31. The van der Waals surface area contributed by atoms with Crippen molar-refractivity contribution in [1.82, 2.24) is 25.0 Å². The van der Waals surface area contributed by atoms with Crippen LogP contribution in [0.25, 0.3) is 10.9 Å². The Morgan fingerprint density at radius 3 is 2.62 bits per heavy atom. The Hall–Kier alpha value is -2.54. The van der Waals surface area contributed by atoms with Crippen LogP contribution in [-0.4, -0.2) is 51.2 Å². The molecule has 7 heteroatoms.